The lowest BCUT2D eigenvalue weighted by Gasteiger charge is -2.25. The van der Waals surface area contributed by atoms with Gasteiger partial charge in [0.05, 0.1) is 13.2 Å². The molecule has 0 saturated carbocycles. The zero-order valence-corrected chi connectivity index (χ0v) is 18.7. The molecule has 6 heteroatoms. The molecule has 2 atom stereocenters. The van der Waals surface area contributed by atoms with Crippen LogP contribution in [0, 0.1) is 5.92 Å². The van der Waals surface area contributed by atoms with E-state index in [1.165, 1.54) is 13.2 Å². The fraction of sp³-hybridized carbons (Fsp3) is 0.375. The van der Waals surface area contributed by atoms with Crippen molar-refractivity contribution in [1.82, 2.24) is 10.6 Å². The normalized spacial score (nSPS) is 14.8. The van der Waals surface area contributed by atoms with Crippen LogP contribution in [0.3, 0.4) is 0 Å². The van der Waals surface area contributed by atoms with Gasteiger partial charge in [0, 0.05) is 12.3 Å². The number of rotatable bonds is 10. The van der Waals surface area contributed by atoms with Crippen LogP contribution >= 0.6 is 0 Å². The molecule has 0 radical (unpaired) electrons. The minimum absolute atomic E-state index is 0.0542. The molecule has 2 N–H and O–H groups in total. The summed E-state index contributed by atoms with van der Waals surface area (Å²) in [6.07, 6.45) is 8.21. The maximum atomic E-state index is 12.9. The molecule has 1 aromatic carbocycles. The Bertz CT molecular complexity index is 808. The summed E-state index contributed by atoms with van der Waals surface area (Å²) in [6.45, 7) is 9.63. The van der Waals surface area contributed by atoms with Crippen LogP contribution in [-0.2, 0) is 14.3 Å². The van der Waals surface area contributed by atoms with E-state index in [0.29, 0.717) is 5.82 Å². The van der Waals surface area contributed by atoms with Gasteiger partial charge in [-0.1, -0.05) is 50.3 Å². The summed E-state index contributed by atoms with van der Waals surface area (Å²) in [5.41, 5.74) is 1.79. The molecule has 6 nitrogen and oxygen atoms in total. The van der Waals surface area contributed by atoms with Gasteiger partial charge >= 0.3 is 5.97 Å². The van der Waals surface area contributed by atoms with Crippen LogP contribution in [-0.4, -0.2) is 31.2 Å². The second kappa shape index (κ2) is 13.1. The van der Waals surface area contributed by atoms with Gasteiger partial charge in [-0.05, 0) is 50.0 Å². The summed E-state index contributed by atoms with van der Waals surface area (Å²) in [6, 6.07) is 9.30. The largest absolute Gasteiger partial charge is 0.466 e. The number of allylic oxidation sites excluding steroid dienone is 4. The van der Waals surface area contributed by atoms with E-state index in [0.717, 1.165) is 11.1 Å². The molecule has 1 rings (SSSR count). The van der Waals surface area contributed by atoms with Gasteiger partial charge < -0.3 is 15.4 Å². The summed E-state index contributed by atoms with van der Waals surface area (Å²) >= 11 is 0. The number of benzene rings is 1. The number of amides is 1. The summed E-state index contributed by atoms with van der Waals surface area (Å²) in [4.78, 5) is 28.6. The average Bonchev–Trinajstić information content (AvgIpc) is 2.75. The van der Waals surface area contributed by atoms with Gasteiger partial charge in [0.25, 0.3) is 0 Å². The quantitative estimate of drug-likeness (QED) is 0.263. The van der Waals surface area contributed by atoms with Crippen molar-refractivity contribution in [3.8, 4) is 0 Å². The number of aliphatic imine (C=N–C) groups is 1. The average molecular weight is 412 g/mol. The lowest BCUT2D eigenvalue weighted by molar-refractivity contribution is -0.134. The second-order valence-electron chi connectivity index (χ2n) is 7.08. The Kier molecular flexibility index (Phi) is 10.9. The van der Waals surface area contributed by atoms with E-state index in [1.54, 1.807) is 18.4 Å². The van der Waals surface area contributed by atoms with Crippen LogP contribution in [0.15, 0.2) is 71.0 Å². The Hall–Kier alpha value is -3.15. The van der Waals surface area contributed by atoms with Crippen LogP contribution in [0.25, 0.3) is 0 Å². The summed E-state index contributed by atoms with van der Waals surface area (Å²) in [5.74, 6) is 0.101. The third-order valence-corrected chi connectivity index (χ3v) is 4.48. The highest BCUT2D eigenvalue weighted by Gasteiger charge is 2.24. The van der Waals surface area contributed by atoms with Gasteiger partial charge in [0.2, 0.25) is 5.91 Å². The first-order valence-corrected chi connectivity index (χ1v) is 10.1. The van der Waals surface area contributed by atoms with Crippen molar-refractivity contribution < 1.29 is 14.3 Å². The van der Waals surface area contributed by atoms with Crippen molar-refractivity contribution in [2.75, 3.05) is 7.11 Å². The molecule has 0 aliphatic carbocycles. The molecule has 162 valence electrons. The molecule has 1 amide bonds. The highest BCUT2D eigenvalue weighted by molar-refractivity contribution is 5.88. The monoisotopic (exact) mass is 411 g/mol. The number of methoxy groups -OCH3 is 1. The third kappa shape index (κ3) is 8.47. The molecule has 0 heterocycles. The number of ether oxygens (including phenoxy) is 1. The fourth-order valence-electron chi connectivity index (χ4n) is 2.61. The van der Waals surface area contributed by atoms with E-state index in [-0.39, 0.29) is 17.9 Å². The predicted octanol–water partition coefficient (Wildman–Crippen LogP) is 4.09. The molecule has 0 aromatic heterocycles. The lowest BCUT2D eigenvalue weighted by Crippen LogP contribution is -2.47. The Labute approximate surface area is 179 Å². The molecule has 0 aliphatic heterocycles. The molecule has 0 spiro atoms. The minimum Gasteiger partial charge on any atom is -0.466 e. The Morgan fingerprint density at radius 2 is 1.67 bits per heavy atom. The summed E-state index contributed by atoms with van der Waals surface area (Å²) in [7, 11) is 1.33. The molecule has 0 saturated heterocycles. The van der Waals surface area contributed by atoms with Crippen molar-refractivity contribution in [3.05, 3.63) is 71.6 Å². The maximum Gasteiger partial charge on any atom is 0.330 e. The first kappa shape index (κ1) is 24.9. The highest BCUT2D eigenvalue weighted by atomic mass is 16.5. The van der Waals surface area contributed by atoms with Crippen molar-refractivity contribution in [1.29, 1.82) is 0 Å². The fourth-order valence-corrected chi connectivity index (χ4v) is 2.61. The second-order valence-corrected chi connectivity index (χ2v) is 7.08. The molecule has 0 aliphatic rings. The van der Waals surface area contributed by atoms with Crippen LogP contribution in [0.1, 0.15) is 46.2 Å². The molecule has 0 bridgehead atoms. The number of hydrogen-bond acceptors (Lipinski definition) is 5. The van der Waals surface area contributed by atoms with E-state index in [9.17, 15) is 9.59 Å². The minimum atomic E-state index is -0.445. The smallest absolute Gasteiger partial charge is 0.330 e. The molecule has 0 fully saturated rings. The van der Waals surface area contributed by atoms with Crippen molar-refractivity contribution in [2.45, 2.75) is 46.7 Å². The van der Waals surface area contributed by atoms with Crippen LogP contribution in [0.4, 0.5) is 0 Å². The summed E-state index contributed by atoms with van der Waals surface area (Å²) < 4.78 is 4.60. The number of nitrogens with zero attached hydrogens (tertiary/aromatic N) is 1. The molecular weight excluding hydrogens is 378 g/mol. The van der Waals surface area contributed by atoms with E-state index >= 15 is 0 Å². The first-order chi connectivity index (χ1) is 14.3. The molecule has 0 unspecified atom stereocenters. The van der Waals surface area contributed by atoms with Gasteiger partial charge in [-0.3, -0.25) is 4.79 Å². The number of carbonyl (C=O) groups is 2. The Morgan fingerprint density at radius 1 is 1.00 bits per heavy atom. The van der Waals surface area contributed by atoms with Crippen LogP contribution in [0.2, 0.25) is 0 Å². The molecule has 1 aromatic rings. The van der Waals surface area contributed by atoms with Gasteiger partial charge in [0.15, 0.2) is 0 Å². The van der Waals surface area contributed by atoms with Crippen molar-refractivity contribution in [2.24, 2.45) is 10.9 Å². The molecule has 30 heavy (non-hydrogen) atoms. The van der Waals surface area contributed by atoms with E-state index in [1.807, 2.05) is 71.0 Å². The van der Waals surface area contributed by atoms with Gasteiger partial charge in [0.1, 0.15) is 11.9 Å². The summed E-state index contributed by atoms with van der Waals surface area (Å²) in [5, 5.41) is 6.29. The molecular formula is C24H33N3O3. The lowest BCUT2D eigenvalue weighted by atomic mass is 10.0. The van der Waals surface area contributed by atoms with Gasteiger partial charge in [-0.2, -0.15) is 0 Å². The Morgan fingerprint density at radius 3 is 2.20 bits per heavy atom. The number of carbonyl (C=O) groups excluding carboxylic acids is 2. The van der Waals surface area contributed by atoms with E-state index < -0.39 is 12.0 Å². The number of nitrogens with one attached hydrogen (secondary N) is 2. The Balaban J connectivity index is 2.85. The number of esters is 1. The SMILES string of the molecule is CC=C(C=N/C(=C\C)N[C@@H](C(=O)N[C@@H](C)c1ccccc1)C(C)C)/C=C/C(=O)OC. The maximum absolute atomic E-state index is 12.9. The highest BCUT2D eigenvalue weighted by Crippen LogP contribution is 2.13. The van der Waals surface area contributed by atoms with Crippen LogP contribution < -0.4 is 10.6 Å². The number of hydrogen-bond donors (Lipinski definition) is 2. The first-order valence-electron chi connectivity index (χ1n) is 10.1. The van der Waals surface area contributed by atoms with Crippen molar-refractivity contribution >= 4 is 18.1 Å². The van der Waals surface area contributed by atoms with Gasteiger partial charge in [-0.15, -0.1) is 0 Å². The zero-order valence-electron chi connectivity index (χ0n) is 18.7. The standard InChI is InChI=1S/C24H33N3O3/c1-7-19(14-15-22(28)30-6)16-25-21(8-2)27-23(17(3)4)24(29)26-18(5)20-12-10-9-11-13-20/h7-18,23,27H,1-6H3,(H,26,29)/b15-14+,19-7?,21-8+,25-16?/t18-,23+/m0/s1. The van der Waals surface area contributed by atoms with E-state index in [2.05, 4.69) is 20.4 Å². The van der Waals surface area contributed by atoms with Crippen LogP contribution in [0.5, 0.6) is 0 Å². The van der Waals surface area contributed by atoms with E-state index in [4.69, 9.17) is 0 Å². The third-order valence-electron chi connectivity index (χ3n) is 4.48. The van der Waals surface area contributed by atoms with Crippen molar-refractivity contribution in [3.63, 3.8) is 0 Å². The van der Waals surface area contributed by atoms with Gasteiger partial charge in [-0.25, -0.2) is 9.79 Å². The predicted molar refractivity (Wildman–Crippen MR) is 122 cm³/mol. The zero-order chi connectivity index (χ0) is 22.5. The topological polar surface area (TPSA) is 79.8 Å².